The summed E-state index contributed by atoms with van der Waals surface area (Å²) in [6.45, 7) is 0. The molecule has 0 amide bonds. The molecule has 0 N–H and O–H groups in total. The van der Waals surface area contributed by atoms with Crippen molar-refractivity contribution in [1.29, 1.82) is 0 Å². The van der Waals surface area contributed by atoms with Crippen LogP contribution in [0.15, 0.2) is 66.2 Å². The molecule has 0 radical (unpaired) electrons. The SMILES string of the molecule is COC(=O)/C(=C\c1ccccc1)CC#Cc1ccccc1. The Morgan fingerprint density at radius 1 is 1.05 bits per heavy atom. The van der Waals surface area contributed by atoms with Gasteiger partial charge in [0.1, 0.15) is 0 Å². The van der Waals surface area contributed by atoms with Gasteiger partial charge in [0, 0.05) is 17.6 Å². The van der Waals surface area contributed by atoms with E-state index in [9.17, 15) is 4.79 Å². The first-order valence-electron chi connectivity index (χ1n) is 6.67. The first-order valence-corrected chi connectivity index (χ1v) is 6.67. The molecule has 0 aliphatic heterocycles. The number of ether oxygens (including phenoxy) is 1. The normalized spacial score (nSPS) is 10.4. The molecule has 21 heavy (non-hydrogen) atoms. The van der Waals surface area contributed by atoms with E-state index >= 15 is 0 Å². The van der Waals surface area contributed by atoms with Gasteiger partial charge in [0.05, 0.1) is 7.11 Å². The molecule has 104 valence electrons. The van der Waals surface area contributed by atoms with Crippen molar-refractivity contribution in [1.82, 2.24) is 0 Å². The number of benzene rings is 2. The largest absolute Gasteiger partial charge is 0.466 e. The Morgan fingerprint density at radius 3 is 2.29 bits per heavy atom. The molecule has 0 atom stereocenters. The number of hydrogen-bond acceptors (Lipinski definition) is 2. The van der Waals surface area contributed by atoms with E-state index in [0.717, 1.165) is 11.1 Å². The topological polar surface area (TPSA) is 26.3 Å². The average molecular weight is 276 g/mol. The van der Waals surface area contributed by atoms with Gasteiger partial charge in [-0.05, 0) is 23.8 Å². The number of rotatable bonds is 3. The van der Waals surface area contributed by atoms with Crippen LogP contribution >= 0.6 is 0 Å². The predicted molar refractivity (Wildman–Crippen MR) is 84.4 cm³/mol. The van der Waals surface area contributed by atoms with Crippen LogP contribution in [-0.4, -0.2) is 13.1 Å². The zero-order valence-corrected chi connectivity index (χ0v) is 11.9. The summed E-state index contributed by atoms with van der Waals surface area (Å²) in [7, 11) is 1.38. The van der Waals surface area contributed by atoms with E-state index in [1.54, 1.807) is 0 Å². The number of carbonyl (C=O) groups is 1. The molecule has 2 aromatic rings. The summed E-state index contributed by atoms with van der Waals surface area (Å²) in [6, 6.07) is 19.4. The molecule has 0 saturated heterocycles. The van der Waals surface area contributed by atoms with Crippen LogP contribution < -0.4 is 0 Å². The van der Waals surface area contributed by atoms with E-state index in [4.69, 9.17) is 4.74 Å². The quantitative estimate of drug-likeness (QED) is 0.485. The molecule has 2 aromatic carbocycles. The van der Waals surface area contributed by atoms with Crippen molar-refractivity contribution in [2.75, 3.05) is 7.11 Å². The summed E-state index contributed by atoms with van der Waals surface area (Å²) in [4.78, 5) is 11.8. The third kappa shape index (κ3) is 4.67. The maximum atomic E-state index is 11.8. The van der Waals surface area contributed by atoms with E-state index in [1.165, 1.54) is 7.11 Å². The predicted octanol–water partition coefficient (Wildman–Crippen LogP) is 3.68. The Kier molecular flexibility index (Phi) is 5.37. The smallest absolute Gasteiger partial charge is 0.334 e. The summed E-state index contributed by atoms with van der Waals surface area (Å²) < 4.78 is 4.81. The van der Waals surface area contributed by atoms with Crippen LogP contribution in [0.4, 0.5) is 0 Å². The first-order chi connectivity index (χ1) is 10.3. The van der Waals surface area contributed by atoms with Crippen molar-refractivity contribution in [2.24, 2.45) is 0 Å². The minimum Gasteiger partial charge on any atom is -0.466 e. The van der Waals surface area contributed by atoms with Crippen molar-refractivity contribution in [3.63, 3.8) is 0 Å². The van der Waals surface area contributed by atoms with E-state index in [-0.39, 0.29) is 5.97 Å². The third-order valence-corrected chi connectivity index (χ3v) is 2.87. The van der Waals surface area contributed by atoms with Crippen LogP contribution in [0.2, 0.25) is 0 Å². The molecule has 0 fully saturated rings. The summed E-state index contributed by atoms with van der Waals surface area (Å²) in [5.74, 6) is 5.71. The van der Waals surface area contributed by atoms with Crippen LogP contribution in [0.3, 0.4) is 0 Å². The van der Waals surface area contributed by atoms with Crippen molar-refractivity contribution in [3.8, 4) is 11.8 Å². The second kappa shape index (κ2) is 7.72. The van der Waals surface area contributed by atoms with Crippen LogP contribution in [0, 0.1) is 11.8 Å². The van der Waals surface area contributed by atoms with Crippen LogP contribution in [0.1, 0.15) is 17.5 Å². The molecular weight excluding hydrogens is 260 g/mol. The molecule has 2 rings (SSSR count). The van der Waals surface area contributed by atoms with E-state index < -0.39 is 0 Å². The molecule has 2 heteroatoms. The van der Waals surface area contributed by atoms with Gasteiger partial charge < -0.3 is 4.74 Å². The Labute approximate surface area is 125 Å². The molecule has 0 aromatic heterocycles. The zero-order valence-electron chi connectivity index (χ0n) is 11.9. The molecule has 0 saturated carbocycles. The molecule has 0 aliphatic carbocycles. The second-order valence-corrected chi connectivity index (χ2v) is 4.42. The van der Waals surface area contributed by atoms with Crippen molar-refractivity contribution >= 4 is 12.0 Å². The summed E-state index contributed by atoms with van der Waals surface area (Å²) >= 11 is 0. The maximum absolute atomic E-state index is 11.8. The Balaban J connectivity index is 2.17. The zero-order chi connectivity index (χ0) is 14.9. The number of methoxy groups -OCH3 is 1. The molecule has 0 heterocycles. The van der Waals surface area contributed by atoms with Gasteiger partial charge in [-0.15, -0.1) is 0 Å². The van der Waals surface area contributed by atoms with Crippen molar-refractivity contribution < 1.29 is 9.53 Å². The van der Waals surface area contributed by atoms with E-state index in [1.807, 2.05) is 66.7 Å². The molecular formula is C19H16O2. The molecule has 2 nitrogen and oxygen atoms in total. The number of esters is 1. The lowest BCUT2D eigenvalue weighted by Crippen LogP contribution is -2.04. The lowest BCUT2D eigenvalue weighted by molar-refractivity contribution is -0.136. The van der Waals surface area contributed by atoms with Crippen molar-refractivity contribution in [3.05, 3.63) is 77.4 Å². The minimum atomic E-state index is -0.346. The third-order valence-electron chi connectivity index (χ3n) is 2.87. The van der Waals surface area contributed by atoms with Crippen LogP contribution in [-0.2, 0) is 9.53 Å². The highest BCUT2D eigenvalue weighted by atomic mass is 16.5. The van der Waals surface area contributed by atoms with Gasteiger partial charge >= 0.3 is 5.97 Å². The van der Waals surface area contributed by atoms with Crippen molar-refractivity contribution in [2.45, 2.75) is 6.42 Å². The van der Waals surface area contributed by atoms with Crippen LogP contribution in [0.25, 0.3) is 6.08 Å². The van der Waals surface area contributed by atoms with E-state index in [2.05, 4.69) is 11.8 Å². The Bertz CT molecular complexity index is 674. The fourth-order valence-corrected chi connectivity index (χ4v) is 1.83. The number of carbonyl (C=O) groups excluding carboxylic acids is 1. The monoisotopic (exact) mass is 276 g/mol. The fourth-order valence-electron chi connectivity index (χ4n) is 1.83. The highest BCUT2D eigenvalue weighted by molar-refractivity contribution is 5.94. The lowest BCUT2D eigenvalue weighted by atomic mass is 10.1. The molecule has 0 unspecified atom stereocenters. The standard InChI is InChI=1S/C19H16O2/c1-21-19(20)18(15-17-11-6-3-7-12-17)14-8-13-16-9-4-2-5-10-16/h2-7,9-12,15H,14H2,1H3/b18-15-. The maximum Gasteiger partial charge on any atom is 0.334 e. The summed E-state index contributed by atoms with van der Waals surface area (Å²) in [5, 5.41) is 0. The highest BCUT2D eigenvalue weighted by Crippen LogP contribution is 2.11. The Morgan fingerprint density at radius 2 is 1.67 bits per heavy atom. The molecule has 0 aliphatic rings. The first kappa shape index (κ1) is 14.6. The van der Waals surface area contributed by atoms with Gasteiger partial charge in [-0.25, -0.2) is 4.79 Å². The second-order valence-electron chi connectivity index (χ2n) is 4.42. The molecule has 0 spiro atoms. The Hall–Kier alpha value is -2.79. The average Bonchev–Trinajstić information content (AvgIpc) is 2.55. The summed E-state index contributed by atoms with van der Waals surface area (Å²) in [5.41, 5.74) is 2.44. The van der Waals surface area contributed by atoms with Gasteiger partial charge in [0.25, 0.3) is 0 Å². The van der Waals surface area contributed by atoms with Gasteiger partial charge in [0.15, 0.2) is 0 Å². The summed E-state index contributed by atoms with van der Waals surface area (Å²) in [6.07, 6.45) is 2.17. The van der Waals surface area contributed by atoms with Crippen LogP contribution in [0.5, 0.6) is 0 Å². The van der Waals surface area contributed by atoms with Gasteiger partial charge in [-0.2, -0.15) is 0 Å². The lowest BCUT2D eigenvalue weighted by Gasteiger charge is -2.01. The number of hydrogen-bond donors (Lipinski definition) is 0. The van der Waals surface area contributed by atoms with Gasteiger partial charge in [-0.1, -0.05) is 60.4 Å². The van der Waals surface area contributed by atoms with E-state index in [0.29, 0.717) is 12.0 Å². The van der Waals surface area contributed by atoms with Gasteiger partial charge in [0.2, 0.25) is 0 Å². The minimum absolute atomic E-state index is 0.346. The fraction of sp³-hybridized carbons (Fsp3) is 0.105. The highest BCUT2D eigenvalue weighted by Gasteiger charge is 2.07. The van der Waals surface area contributed by atoms with Gasteiger partial charge in [-0.3, -0.25) is 0 Å². The molecule has 0 bridgehead atoms.